The van der Waals surface area contributed by atoms with Gasteiger partial charge in [-0.1, -0.05) is 49.7 Å². The van der Waals surface area contributed by atoms with Crippen LogP contribution < -0.4 is 4.74 Å². The molecule has 0 aliphatic carbocycles. The molecule has 3 aromatic rings. The van der Waals surface area contributed by atoms with Gasteiger partial charge in [0.15, 0.2) is 6.29 Å². The van der Waals surface area contributed by atoms with Gasteiger partial charge < -0.3 is 18.9 Å². The minimum atomic E-state index is -4.73. The summed E-state index contributed by atoms with van der Waals surface area (Å²) < 4.78 is 73.3. The van der Waals surface area contributed by atoms with Gasteiger partial charge in [0, 0.05) is 17.6 Å². The zero-order valence-electron chi connectivity index (χ0n) is 19.4. The second-order valence-corrected chi connectivity index (χ2v) is 8.56. The molecule has 3 aromatic carbocycles. The lowest BCUT2D eigenvalue weighted by Crippen LogP contribution is -2.33. The van der Waals surface area contributed by atoms with Crippen LogP contribution in [0.1, 0.15) is 42.7 Å². The second kappa shape index (κ2) is 11.4. The predicted octanol–water partition coefficient (Wildman–Crippen LogP) is 6.89. The number of fused-ring (bicyclic) bond motifs is 1. The topological polar surface area (TPSA) is 36.9 Å². The van der Waals surface area contributed by atoms with Gasteiger partial charge in [-0.15, -0.1) is 13.2 Å². The summed E-state index contributed by atoms with van der Waals surface area (Å²) in [4.78, 5) is 0. The fraction of sp³-hybridized carbons (Fsp3) is 0.407. The first-order chi connectivity index (χ1) is 16.8. The van der Waals surface area contributed by atoms with Crippen LogP contribution in [0.3, 0.4) is 0 Å². The van der Waals surface area contributed by atoms with Gasteiger partial charge in [-0.25, -0.2) is 4.39 Å². The number of aryl methyl sites for hydroxylation is 2. The van der Waals surface area contributed by atoms with Crippen molar-refractivity contribution in [3.05, 3.63) is 77.1 Å². The summed E-state index contributed by atoms with van der Waals surface area (Å²) in [6.07, 6.45) is -2.35. The Morgan fingerprint density at radius 3 is 2.37 bits per heavy atom. The Hall–Kier alpha value is -2.68. The molecule has 0 atom stereocenters. The van der Waals surface area contributed by atoms with Crippen LogP contribution in [0.15, 0.2) is 54.6 Å². The first kappa shape index (κ1) is 25.4. The summed E-state index contributed by atoms with van der Waals surface area (Å²) in [6, 6.07) is 14.6. The summed E-state index contributed by atoms with van der Waals surface area (Å²) in [7, 11) is 0. The zero-order valence-corrected chi connectivity index (χ0v) is 19.4. The maximum Gasteiger partial charge on any atom is 0.573 e. The van der Waals surface area contributed by atoms with Crippen molar-refractivity contribution in [2.75, 3.05) is 19.8 Å². The highest BCUT2D eigenvalue weighted by Gasteiger charge is 2.31. The highest BCUT2D eigenvalue weighted by Crippen LogP contribution is 2.30. The molecule has 1 aliphatic rings. The normalized spacial score (nSPS) is 18.7. The van der Waals surface area contributed by atoms with Crippen LogP contribution in [-0.4, -0.2) is 32.3 Å². The largest absolute Gasteiger partial charge is 0.573 e. The molecule has 0 radical (unpaired) electrons. The van der Waals surface area contributed by atoms with Crippen molar-refractivity contribution in [3.63, 3.8) is 0 Å². The molecular weight excluding hydrogens is 464 g/mol. The molecule has 8 heteroatoms. The Labute approximate surface area is 201 Å². The second-order valence-electron chi connectivity index (χ2n) is 8.56. The summed E-state index contributed by atoms with van der Waals surface area (Å²) in [5.74, 6) is -0.583. The molecule has 1 fully saturated rings. The summed E-state index contributed by atoms with van der Waals surface area (Å²) in [6.45, 7) is 3.69. The lowest BCUT2D eigenvalue weighted by Gasteiger charge is -2.29. The Bertz CT molecular complexity index is 1110. The Balaban J connectivity index is 1.37. The fourth-order valence-electron chi connectivity index (χ4n) is 4.00. The molecule has 0 aromatic heterocycles. The summed E-state index contributed by atoms with van der Waals surface area (Å²) in [5, 5.41) is 1.24. The molecule has 0 saturated carbocycles. The molecule has 1 heterocycles. The maximum absolute atomic E-state index is 15.2. The minimum Gasteiger partial charge on any atom is -0.406 e. The van der Waals surface area contributed by atoms with E-state index in [0.29, 0.717) is 43.6 Å². The fourth-order valence-corrected chi connectivity index (χ4v) is 4.00. The van der Waals surface area contributed by atoms with E-state index in [0.717, 1.165) is 29.4 Å². The van der Waals surface area contributed by atoms with E-state index < -0.39 is 12.7 Å². The minimum absolute atomic E-state index is 0.0772. The lowest BCUT2D eigenvalue weighted by molar-refractivity contribution is -0.274. The van der Waals surface area contributed by atoms with Crippen LogP contribution in [0.25, 0.3) is 10.8 Å². The number of hydrogen-bond donors (Lipinski definition) is 0. The maximum atomic E-state index is 15.2. The highest BCUT2D eigenvalue weighted by molar-refractivity contribution is 5.84. The quantitative estimate of drug-likeness (QED) is 0.241. The van der Waals surface area contributed by atoms with Gasteiger partial charge in [0.2, 0.25) is 0 Å². The zero-order chi connectivity index (χ0) is 24.8. The van der Waals surface area contributed by atoms with Crippen molar-refractivity contribution in [2.45, 2.75) is 51.4 Å². The van der Waals surface area contributed by atoms with Crippen LogP contribution in [0.5, 0.6) is 5.75 Å². The van der Waals surface area contributed by atoms with E-state index in [-0.39, 0.29) is 17.7 Å². The number of alkyl halides is 3. The van der Waals surface area contributed by atoms with Gasteiger partial charge in [0.1, 0.15) is 17.7 Å². The first-order valence-corrected chi connectivity index (χ1v) is 11.7. The molecule has 4 rings (SSSR count). The number of rotatable bonds is 9. The molecule has 1 saturated heterocycles. The molecule has 0 spiro atoms. The summed E-state index contributed by atoms with van der Waals surface area (Å²) >= 11 is 0. The van der Waals surface area contributed by atoms with Crippen LogP contribution in [0, 0.1) is 5.82 Å². The van der Waals surface area contributed by atoms with E-state index in [1.54, 1.807) is 30.3 Å². The van der Waals surface area contributed by atoms with Crippen molar-refractivity contribution in [3.8, 4) is 5.75 Å². The number of halogens is 4. The molecule has 0 N–H and O–H groups in total. The molecule has 0 unspecified atom stereocenters. The average molecular weight is 493 g/mol. The average Bonchev–Trinajstić information content (AvgIpc) is 2.84. The Kier molecular flexibility index (Phi) is 8.26. The molecule has 35 heavy (non-hydrogen) atoms. The van der Waals surface area contributed by atoms with Gasteiger partial charge >= 0.3 is 6.36 Å². The molecule has 188 valence electrons. The third-order valence-corrected chi connectivity index (χ3v) is 5.89. The van der Waals surface area contributed by atoms with E-state index in [1.165, 1.54) is 12.1 Å². The van der Waals surface area contributed by atoms with Crippen molar-refractivity contribution in [2.24, 2.45) is 0 Å². The third-order valence-electron chi connectivity index (χ3n) is 5.89. The standard InChI is InChI=1S/C27H28F4O4/c1-2-3-14-32-23-16-33-26(34-17-23)21-10-13-24-20(15-21)9-8-19(25(24)28)7-4-18-5-11-22(12-6-18)35-27(29,30)31/h5-6,8-13,15,23,26H,2-4,7,14,16-17H2,1H3. The van der Waals surface area contributed by atoms with Crippen molar-refractivity contribution >= 4 is 10.8 Å². The van der Waals surface area contributed by atoms with E-state index in [2.05, 4.69) is 11.7 Å². The van der Waals surface area contributed by atoms with Crippen LogP contribution in [0.2, 0.25) is 0 Å². The van der Waals surface area contributed by atoms with E-state index in [9.17, 15) is 13.2 Å². The monoisotopic (exact) mass is 492 g/mol. The number of benzene rings is 3. The molecule has 4 nitrogen and oxygen atoms in total. The van der Waals surface area contributed by atoms with Crippen LogP contribution >= 0.6 is 0 Å². The predicted molar refractivity (Wildman–Crippen MR) is 124 cm³/mol. The molecule has 0 bridgehead atoms. The van der Waals surface area contributed by atoms with Gasteiger partial charge in [-0.3, -0.25) is 0 Å². The number of hydrogen-bond acceptors (Lipinski definition) is 4. The molecule has 1 aliphatic heterocycles. The Morgan fingerprint density at radius 2 is 1.69 bits per heavy atom. The van der Waals surface area contributed by atoms with Crippen LogP contribution in [0.4, 0.5) is 17.6 Å². The SMILES string of the molecule is CCCCOC1COC(c2ccc3c(F)c(CCc4ccc(OC(F)(F)F)cc4)ccc3c2)OC1. The van der Waals surface area contributed by atoms with Crippen LogP contribution in [-0.2, 0) is 27.1 Å². The first-order valence-electron chi connectivity index (χ1n) is 11.7. The Morgan fingerprint density at radius 1 is 0.943 bits per heavy atom. The third kappa shape index (κ3) is 6.93. The van der Waals surface area contributed by atoms with E-state index in [1.807, 2.05) is 12.1 Å². The van der Waals surface area contributed by atoms with Crippen molar-refractivity contribution in [1.82, 2.24) is 0 Å². The molecule has 0 amide bonds. The van der Waals surface area contributed by atoms with Crippen molar-refractivity contribution in [1.29, 1.82) is 0 Å². The van der Waals surface area contributed by atoms with Gasteiger partial charge in [0.05, 0.1) is 13.2 Å². The van der Waals surface area contributed by atoms with Crippen molar-refractivity contribution < 1.29 is 36.5 Å². The van der Waals surface area contributed by atoms with Gasteiger partial charge in [-0.05, 0) is 54.0 Å². The molecular formula is C27H28F4O4. The smallest absolute Gasteiger partial charge is 0.406 e. The van der Waals surface area contributed by atoms with E-state index >= 15 is 4.39 Å². The highest BCUT2D eigenvalue weighted by atomic mass is 19.4. The summed E-state index contributed by atoms with van der Waals surface area (Å²) in [5.41, 5.74) is 2.15. The lowest BCUT2D eigenvalue weighted by atomic mass is 9.99. The number of ether oxygens (including phenoxy) is 4. The van der Waals surface area contributed by atoms with Gasteiger partial charge in [-0.2, -0.15) is 0 Å². The van der Waals surface area contributed by atoms with Gasteiger partial charge in [0.25, 0.3) is 0 Å². The van der Waals surface area contributed by atoms with E-state index in [4.69, 9.17) is 14.2 Å². The number of unbranched alkanes of at least 4 members (excludes halogenated alkanes) is 1.